The van der Waals surface area contributed by atoms with Crippen LogP contribution in [0.3, 0.4) is 0 Å². The van der Waals surface area contributed by atoms with Crippen LogP contribution in [0.25, 0.3) is 0 Å². The van der Waals surface area contributed by atoms with Crippen LogP contribution in [0, 0.1) is 23.2 Å². The number of allylic oxidation sites excluding steroid dienone is 3. The van der Waals surface area contributed by atoms with Gasteiger partial charge in [0.1, 0.15) is 6.10 Å². The molecule has 0 saturated heterocycles. The van der Waals surface area contributed by atoms with E-state index in [1.165, 1.54) is 6.08 Å². The summed E-state index contributed by atoms with van der Waals surface area (Å²) in [5.41, 5.74) is 1.84. The number of ketones is 1. The Morgan fingerprint density at radius 2 is 1.77 bits per heavy atom. The van der Waals surface area contributed by atoms with Crippen LogP contribution in [0.4, 0.5) is 0 Å². The van der Waals surface area contributed by atoms with Crippen molar-refractivity contribution in [2.24, 2.45) is 23.2 Å². The molecule has 2 rings (SSSR count). The first-order valence-corrected chi connectivity index (χ1v) is 10.8. The molecule has 166 valence electrons. The van der Waals surface area contributed by atoms with E-state index in [4.69, 9.17) is 9.47 Å². The summed E-state index contributed by atoms with van der Waals surface area (Å²) in [5, 5.41) is 0. The molecule has 0 aromatic rings. The van der Waals surface area contributed by atoms with E-state index in [1.54, 1.807) is 19.9 Å². The van der Waals surface area contributed by atoms with Gasteiger partial charge in [-0.05, 0) is 65.2 Å². The lowest BCUT2D eigenvalue weighted by Gasteiger charge is -2.55. The summed E-state index contributed by atoms with van der Waals surface area (Å²) in [6.45, 7) is 17.3. The van der Waals surface area contributed by atoms with Crippen molar-refractivity contribution >= 4 is 17.7 Å². The lowest BCUT2D eigenvalue weighted by molar-refractivity contribution is -0.183. The van der Waals surface area contributed by atoms with Gasteiger partial charge in [0.05, 0.1) is 0 Å². The first-order valence-electron chi connectivity index (χ1n) is 10.8. The number of esters is 2. The highest BCUT2D eigenvalue weighted by atomic mass is 16.6. The summed E-state index contributed by atoms with van der Waals surface area (Å²) in [6, 6.07) is 0. The van der Waals surface area contributed by atoms with Gasteiger partial charge >= 0.3 is 11.9 Å². The highest BCUT2D eigenvalue weighted by Gasteiger charge is 2.58. The van der Waals surface area contributed by atoms with Crippen molar-refractivity contribution in [1.82, 2.24) is 0 Å². The van der Waals surface area contributed by atoms with Gasteiger partial charge in [-0.2, -0.15) is 0 Å². The fourth-order valence-corrected chi connectivity index (χ4v) is 4.92. The van der Waals surface area contributed by atoms with Crippen molar-refractivity contribution in [3.63, 3.8) is 0 Å². The number of fused-ring (bicyclic) bond motifs is 1. The molecule has 0 aromatic carbocycles. The molecule has 0 N–H and O–H groups in total. The molecular weight excluding hydrogens is 380 g/mol. The van der Waals surface area contributed by atoms with Crippen molar-refractivity contribution in [3.8, 4) is 0 Å². The monoisotopic (exact) mass is 416 g/mol. The van der Waals surface area contributed by atoms with Crippen LogP contribution in [-0.4, -0.2) is 29.9 Å². The van der Waals surface area contributed by atoms with E-state index < -0.39 is 12.1 Å². The summed E-state index contributed by atoms with van der Waals surface area (Å²) in [5.74, 6) is -1.30. The first kappa shape index (κ1) is 24.1. The molecule has 0 amide bonds. The average Bonchev–Trinajstić information content (AvgIpc) is 2.65. The molecule has 2 aliphatic rings. The number of rotatable bonds is 5. The van der Waals surface area contributed by atoms with Gasteiger partial charge in [0, 0.05) is 23.5 Å². The molecule has 0 radical (unpaired) electrons. The van der Waals surface area contributed by atoms with Gasteiger partial charge in [-0.3, -0.25) is 4.79 Å². The predicted octanol–water partition coefficient (Wildman–Crippen LogP) is 4.96. The smallest absolute Gasteiger partial charge is 0.334 e. The maximum atomic E-state index is 13.2. The second-order valence-electron chi connectivity index (χ2n) is 9.48. The fraction of sp³-hybridized carbons (Fsp3) is 0.640. The minimum absolute atomic E-state index is 0.0183. The molecule has 0 aliphatic heterocycles. The van der Waals surface area contributed by atoms with Crippen LogP contribution < -0.4 is 0 Å². The molecule has 2 fully saturated rings. The molecule has 6 unspecified atom stereocenters. The predicted molar refractivity (Wildman–Crippen MR) is 117 cm³/mol. The highest BCUT2D eigenvalue weighted by molar-refractivity contribution is 5.94. The lowest BCUT2D eigenvalue weighted by Crippen LogP contribution is -2.58. The molecule has 0 heterocycles. The number of carbonyl (C=O) groups is 3. The van der Waals surface area contributed by atoms with E-state index in [-0.39, 0.29) is 41.0 Å². The van der Waals surface area contributed by atoms with Gasteiger partial charge in [0.15, 0.2) is 11.9 Å². The van der Waals surface area contributed by atoms with Gasteiger partial charge in [-0.1, -0.05) is 37.6 Å². The largest absolute Gasteiger partial charge is 0.459 e. The van der Waals surface area contributed by atoms with Crippen molar-refractivity contribution < 1.29 is 23.9 Å². The second-order valence-corrected chi connectivity index (χ2v) is 9.48. The quantitative estimate of drug-likeness (QED) is 0.360. The number of hydrogen-bond donors (Lipinski definition) is 0. The molecule has 0 bridgehead atoms. The normalized spacial score (nSPS) is 33.9. The first-order chi connectivity index (χ1) is 13.9. The Kier molecular flexibility index (Phi) is 7.49. The van der Waals surface area contributed by atoms with Gasteiger partial charge in [0.25, 0.3) is 0 Å². The molecule has 6 atom stereocenters. The van der Waals surface area contributed by atoms with Gasteiger partial charge in [0.2, 0.25) is 0 Å². The van der Waals surface area contributed by atoms with Crippen LogP contribution in [-0.2, 0) is 23.9 Å². The number of hydrogen-bond acceptors (Lipinski definition) is 5. The molecule has 2 saturated carbocycles. The Hall–Kier alpha value is -2.17. The zero-order chi connectivity index (χ0) is 22.8. The third-order valence-corrected chi connectivity index (χ3v) is 7.10. The van der Waals surface area contributed by atoms with Gasteiger partial charge in [-0.25, -0.2) is 9.59 Å². The Balaban J connectivity index is 2.36. The Bertz CT molecular complexity index is 785. The van der Waals surface area contributed by atoms with Crippen molar-refractivity contribution in [2.45, 2.75) is 79.9 Å². The number of ether oxygens (including phenoxy) is 2. The summed E-state index contributed by atoms with van der Waals surface area (Å²) in [7, 11) is 0. The second kappa shape index (κ2) is 9.32. The highest BCUT2D eigenvalue weighted by Crippen LogP contribution is 2.56. The van der Waals surface area contributed by atoms with Crippen LogP contribution in [0.15, 0.2) is 35.5 Å². The maximum Gasteiger partial charge on any atom is 0.334 e. The average molecular weight is 417 g/mol. The Labute approximate surface area is 180 Å². The van der Waals surface area contributed by atoms with Crippen LogP contribution in [0.1, 0.15) is 67.7 Å². The summed E-state index contributed by atoms with van der Waals surface area (Å²) in [4.78, 5) is 38.0. The maximum absolute atomic E-state index is 13.2. The summed E-state index contributed by atoms with van der Waals surface area (Å²) in [6.07, 6.45) is 4.09. The van der Waals surface area contributed by atoms with E-state index in [2.05, 4.69) is 20.4 Å². The zero-order valence-corrected chi connectivity index (χ0v) is 19.4. The third-order valence-electron chi connectivity index (χ3n) is 7.10. The zero-order valence-electron chi connectivity index (χ0n) is 19.4. The fourth-order valence-electron chi connectivity index (χ4n) is 4.92. The molecular formula is C25H36O5. The minimum atomic E-state index is -0.801. The van der Waals surface area contributed by atoms with E-state index >= 15 is 0 Å². The molecule has 2 aliphatic carbocycles. The molecule has 5 nitrogen and oxygen atoms in total. The Morgan fingerprint density at radius 1 is 1.13 bits per heavy atom. The van der Waals surface area contributed by atoms with E-state index in [1.807, 2.05) is 20.8 Å². The topological polar surface area (TPSA) is 69.7 Å². The third kappa shape index (κ3) is 4.76. The van der Waals surface area contributed by atoms with Crippen LogP contribution in [0.5, 0.6) is 0 Å². The van der Waals surface area contributed by atoms with E-state index in [0.717, 1.165) is 11.1 Å². The van der Waals surface area contributed by atoms with Gasteiger partial charge < -0.3 is 9.47 Å². The van der Waals surface area contributed by atoms with Crippen molar-refractivity contribution in [3.05, 3.63) is 35.5 Å². The van der Waals surface area contributed by atoms with Crippen molar-refractivity contribution in [1.29, 1.82) is 0 Å². The van der Waals surface area contributed by atoms with Crippen LogP contribution in [0.2, 0.25) is 0 Å². The van der Waals surface area contributed by atoms with Gasteiger partial charge in [-0.15, -0.1) is 0 Å². The lowest BCUT2D eigenvalue weighted by atomic mass is 9.51. The SMILES string of the molecule is C=C(C)C1CC2(C)C(C)C(OC(=O)C=C(C)C)CCC2C(OC(=O)C(C)=CC)C1=O. The van der Waals surface area contributed by atoms with Crippen molar-refractivity contribution in [2.75, 3.05) is 0 Å². The molecule has 0 aromatic heterocycles. The van der Waals surface area contributed by atoms with Crippen LogP contribution >= 0.6 is 0 Å². The van der Waals surface area contributed by atoms with E-state index in [0.29, 0.717) is 24.8 Å². The Morgan fingerprint density at radius 3 is 2.30 bits per heavy atom. The standard InChI is InChI=1S/C25H36O5/c1-9-16(6)24(28)30-23-19-10-11-20(29-21(26)12-14(2)3)17(7)25(19,8)13-18(15(4)5)22(23)27/h9,12,17-20,23H,4,10-11,13H2,1-3,5-8H3. The summed E-state index contributed by atoms with van der Waals surface area (Å²) >= 11 is 0. The molecule has 5 heteroatoms. The van der Waals surface area contributed by atoms with E-state index in [9.17, 15) is 14.4 Å². The summed E-state index contributed by atoms with van der Waals surface area (Å²) < 4.78 is 11.6. The number of carbonyl (C=O) groups excluding carboxylic acids is 3. The molecule has 30 heavy (non-hydrogen) atoms. The molecule has 0 spiro atoms. The number of Topliss-reactive ketones (excluding diaryl/α,β-unsaturated/α-hetero) is 1. The minimum Gasteiger partial charge on any atom is -0.459 e.